The van der Waals surface area contributed by atoms with Crippen molar-refractivity contribution >= 4 is 5.97 Å². The van der Waals surface area contributed by atoms with Gasteiger partial charge in [-0.25, -0.2) is 0 Å². The van der Waals surface area contributed by atoms with E-state index >= 15 is 0 Å². The Labute approximate surface area is 65.7 Å². The van der Waals surface area contributed by atoms with Crippen molar-refractivity contribution in [2.45, 2.75) is 25.8 Å². The fourth-order valence-electron chi connectivity index (χ4n) is 1.04. The molecule has 0 saturated carbocycles. The van der Waals surface area contributed by atoms with E-state index in [4.69, 9.17) is 4.74 Å². The average molecular weight is 158 g/mol. The Morgan fingerprint density at radius 3 is 2.91 bits per heavy atom. The number of hydroxylamine groups is 2. The van der Waals surface area contributed by atoms with Crippen LogP contribution in [0.15, 0.2) is 0 Å². The summed E-state index contributed by atoms with van der Waals surface area (Å²) in [5.74, 6) is -0.276. The van der Waals surface area contributed by atoms with E-state index in [2.05, 4.69) is 0 Å². The van der Waals surface area contributed by atoms with Crippen LogP contribution in [0.5, 0.6) is 0 Å². The molecule has 0 aliphatic carbocycles. The molecule has 1 aliphatic heterocycles. The lowest BCUT2D eigenvalue weighted by Crippen LogP contribution is -2.43. The van der Waals surface area contributed by atoms with E-state index in [0.29, 0.717) is 19.6 Å². The number of carbonyl (C=O) groups is 1. The van der Waals surface area contributed by atoms with Gasteiger partial charge in [0.05, 0.1) is 6.61 Å². The Kier molecular flexibility index (Phi) is 2.84. The van der Waals surface area contributed by atoms with Gasteiger partial charge in [0.15, 0.2) is 0 Å². The second-order valence-electron chi connectivity index (χ2n) is 2.71. The molecule has 1 aliphatic rings. The molecule has 1 fully saturated rings. The van der Waals surface area contributed by atoms with Crippen LogP contribution in [-0.4, -0.2) is 30.2 Å². The van der Waals surface area contributed by atoms with Gasteiger partial charge in [0.1, 0.15) is 0 Å². The highest BCUT2D eigenvalue weighted by Crippen LogP contribution is 2.18. The lowest BCUT2D eigenvalue weighted by Gasteiger charge is -2.46. The zero-order valence-corrected chi connectivity index (χ0v) is 6.58. The number of esters is 1. The van der Waals surface area contributed by atoms with Gasteiger partial charge in [0.2, 0.25) is 0 Å². The second kappa shape index (κ2) is 3.69. The molecule has 0 aromatic rings. The monoisotopic (exact) mass is 158 g/mol. The van der Waals surface area contributed by atoms with E-state index in [-0.39, 0.29) is 12.0 Å². The topological polar surface area (TPSA) is 52.6 Å². The summed E-state index contributed by atoms with van der Waals surface area (Å²) in [6.07, 6.45) is 1.61. The lowest BCUT2D eigenvalue weighted by molar-refractivity contribution is -0.141. The van der Waals surface area contributed by atoms with Crippen LogP contribution < -0.4 is 0 Å². The Morgan fingerprint density at radius 1 is 1.82 bits per heavy atom. The Balaban J connectivity index is 1.99. The van der Waals surface area contributed by atoms with Gasteiger partial charge in [-0.05, 0) is 19.4 Å². The quantitative estimate of drug-likeness (QED) is 0.561. The average Bonchev–Trinajstić information content (AvgIpc) is 1.94. The van der Waals surface area contributed by atoms with Gasteiger partial charge in [0, 0.05) is 13.0 Å². The van der Waals surface area contributed by atoms with Gasteiger partial charge < -0.3 is 15.0 Å². The van der Waals surface area contributed by atoms with Crippen molar-refractivity contribution in [2.75, 3.05) is 13.2 Å². The standard InChI is InChI=1S/C7H12NO3/c1-6(9)11-5-3-7-2-4-8(7)10/h7H,2-5H2,1H3/q-1. The first kappa shape index (κ1) is 8.49. The summed E-state index contributed by atoms with van der Waals surface area (Å²) in [6, 6.07) is 0.0920. The lowest BCUT2D eigenvalue weighted by atomic mass is 10.0. The summed E-state index contributed by atoms with van der Waals surface area (Å²) in [7, 11) is 0. The van der Waals surface area contributed by atoms with Gasteiger partial charge in [-0.15, -0.1) is 0 Å². The first-order chi connectivity index (χ1) is 5.20. The second-order valence-corrected chi connectivity index (χ2v) is 2.71. The fourth-order valence-corrected chi connectivity index (χ4v) is 1.04. The molecule has 0 amide bonds. The largest absolute Gasteiger partial charge is 0.785 e. The predicted molar refractivity (Wildman–Crippen MR) is 39.7 cm³/mol. The SMILES string of the molecule is CC(=O)OCCC1CCN1[O-]. The van der Waals surface area contributed by atoms with E-state index in [0.717, 1.165) is 11.5 Å². The molecule has 0 radical (unpaired) electrons. The van der Waals surface area contributed by atoms with Crippen LogP contribution in [-0.2, 0) is 9.53 Å². The molecule has 1 rings (SSSR count). The normalized spacial score (nSPS) is 24.4. The maximum absolute atomic E-state index is 10.7. The number of nitrogens with zero attached hydrogens (tertiary/aromatic N) is 1. The first-order valence-corrected chi connectivity index (χ1v) is 3.77. The molecule has 1 saturated heterocycles. The summed E-state index contributed by atoms with van der Waals surface area (Å²) in [6.45, 7) is 2.37. The van der Waals surface area contributed by atoms with Gasteiger partial charge in [-0.3, -0.25) is 4.79 Å². The molecule has 0 aromatic heterocycles. The molecule has 0 aromatic carbocycles. The maximum atomic E-state index is 10.7. The summed E-state index contributed by atoms with van der Waals surface area (Å²) >= 11 is 0. The zero-order chi connectivity index (χ0) is 8.27. The smallest absolute Gasteiger partial charge is 0.302 e. The highest BCUT2D eigenvalue weighted by atomic mass is 16.5. The van der Waals surface area contributed by atoms with Crippen LogP contribution >= 0.6 is 0 Å². The van der Waals surface area contributed by atoms with E-state index in [9.17, 15) is 10.0 Å². The summed E-state index contributed by atoms with van der Waals surface area (Å²) in [4.78, 5) is 10.3. The Bertz CT molecular complexity index is 149. The Hall–Kier alpha value is -0.610. The molecule has 4 nitrogen and oxygen atoms in total. The number of carbonyl (C=O) groups excluding carboxylic acids is 1. The third kappa shape index (κ3) is 2.48. The zero-order valence-electron chi connectivity index (χ0n) is 6.58. The van der Waals surface area contributed by atoms with E-state index in [1.165, 1.54) is 6.92 Å². The van der Waals surface area contributed by atoms with E-state index in [1.807, 2.05) is 0 Å². The highest BCUT2D eigenvalue weighted by Gasteiger charge is 2.19. The van der Waals surface area contributed by atoms with Crippen molar-refractivity contribution in [3.63, 3.8) is 0 Å². The van der Waals surface area contributed by atoms with Crippen molar-refractivity contribution in [1.29, 1.82) is 0 Å². The predicted octanol–water partition coefficient (Wildman–Crippen LogP) is 0.512. The van der Waals surface area contributed by atoms with Crippen molar-refractivity contribution in [3.8, 4) is 0 Å². The minimum absolute atomic E-state index is 0.0920. The summed E-state index contributed by atoms with van der Waals surface area (Å²) in [5.41, 5.74) is 0. The van der Waals surface area contributed by atoms with Crippen LogP contribution in [0.2, 0.25) is 0 Å². The Morgan fingerprint density at radius 2 is 2.55 bits per heavy atom. The third-order valence-corrected chi connectivity index (χ3v) is 1.85. The molecule has 1 unspecified atom stereocenters. The minimum Gasteiger partial charge on any atom is -0.785 e. The highest BCUT2D eigenvalue weighted by molar-refractivity contribution is 5.65. The maximum Gasteiger partial charge on any atom is 0.302 e. The molecule has 0 spiro atoms. The molecule has 4 heteroatoms. The number of hydrogen-bond acceptors (Lipinski definition) is 4. The van der Waals surface area contributed by atoms with Gasteiger partial charge in [-0.1, -0.05) is 0 Å². The molecule has 64 valence electrons. The van der Waals surface area contributed by atoms with Gasteiger partial charge >= 0.3 is 5.97 Å². The fraction of sp³-hybridized carbons (Fsp3) is 0.857. The molecule has 11 heavy (non-hydrogen) atoms. The van der Waals surface area contributed by atoms with Crippen molar-refractivity contribution < 1.29 is 9.53 Å². The van der Waals surface area contributed by atoms with Crippen molar-refractivity contribution in [1.82, 2.24) is 5.06 Å². The van der Waals surface area contributed by atoms with Crippen LogP contribution in [0.1, 0.15) is 19.8 Å². The molecule has 0 bridgehead atoms. The van der Waals surface area contributed by atoms with Crippen LogP contribution in [0.3, 0.4) is 0 Å². The number of ether oxygens (including phenoxy) is 1. The molecular formula is C7H12NO3-. The molecule has 0 N–H and O–H groups in total. The first-order valence-electron chi connectivity index (χ1n) is 3.77. The number of rotatable bonds is 3. The van der Waals surface area contributed by atoms with Gasteiger partial charge in [-0.2, -0.15) is 0 Å². The van der Waals surface area contributed by atoms with E-state index in [1.54, 1.807) is 0 Å². The van der Waals surface area contributed by atoms with Crippen LogP contribution in [0.25, 0.3) is 0 Å². The van der Waals surface area contributed by atoms with Gasteiger partial charge in [0.25, 0.3) is 0 Å². The molecule has 1 atom stereocenters. The summed E-state index contributed by atoms with van der Waals surface area (Å²) < 4.78 is 4.69. The van der Waals surface area contributed by atoms with Crippen LogP contribution in [0.4, 0.5) is 0 Å². The van der Waals surface area contributed by atoms with Crippen molar-refractivity contribution in [3.05, 3.63) is 5.21 Å². The third-order valence-electron chi connectivity index (χ3n) is 1.85. The van der Waals surface area contributed by atoms with Crippen molar-refractivity contribution in [2.24, 2.45) is 0 Å². The van der Waals surface area contributed by atoms with Crippen LogP contribution in [0, 0.1) is 5.21 Å². The van der Waals surface area contributed by atoms with E-state index < -0.39 is 0 Å². The minimum atomic E-state index is -0.276. The molecule has 1 heterocycles. The molecular weight excluding hydrogens is 146 g/mol. The number of hydrogen-bond donors (Lipinski definition) is 0. The summed E-state index contributed by atoms with van der Waals surface area (Å²) in [5, 5.41) is 11.7.